The van der Waals surface area contributed by atoms with E-state index < -0.39 is 0 Å². The predicted molar refractivity (Wildman–Crippen MR) is 69.3 cm³/mol. The summed E-state index contributed by atoms with van der Waals surface area (Å²) in [5, 5.41) is 7.67. The lowest BCUT2D eigenvalue weighted by Gasteiger charge is -2.03. The third kappa shape index (κ3) is 5.70. The van der Waals surface area contributed by atoms with Crippen LogP contribution in [-0.4, -0.2) is 26.1 Å². The second kappa shape index (κ2) is 8.33. The van der Waals surface area contributed by atoms with Crippen LogP contribution in [0, 0.1) is 0 Å². The van der Waals surface area contributed by atoms with Crippen LogP contribution in [0.15, 0.2) is 40.6 Å². The summed E-state index contributed by atoms with van der Waals surface area (Å²) in [5.41, 5.74) is 2.25. The van der Waals surface area contributed by atoms with Crippen molar-refractivity contribution in [3.8, 4) is 0 Å². The van der Waals surface area contributed by atoms with Gasteiger partial charge >= 0.3 is 0 Å². The first-order chi connectivity index (χ1) is 8.36. The van der Waals surface area contributed by atoms with Crippen molar-refractivity contribution in [2.45, 2.75) is 19.3 Å². The maximum absolute atomic E-state index is 4.81. The van der Waals surface area contributed by atoms with Crippen LogP contribution in [0.2, 0.25) is 0 Å². The van der Waals surface area contributed by atoms with E-state index in [0.29, 0.717) is 6.42 Å². The molecule has 0 heterocycles. The Kier molecular flexibility index (Phi) is 6.48. The van der Waals surface area contributed by atoms with Gasteiger partial charge in [0.05, 0.1) is 5.71 Å². The highest BCUT2D eigenvalue weighted by atomic mass is 16.6. The maximum atomic E-state index is 4.81. The fourth-order valence-electron chi connectivity index (χ4n) is 1.46. The van der Waals surface area contributed by atoms with Crippen molar-refractivity contribution in [2.24, 2.45) is 10.3 Å². The van der Waals surface area contributed by atoms with Crippen LogP contribution in [0.4, 0.5) is 0 Å². The molecule has 0 aromatic heterocycles. The molecule has 0 aliphatic rings. The van der Waals surface area contributed by atoms with Gasteiger partial charge in [0, 0.05) is 12.6 Å². The lowest BCUT2D eigenvalue weighted by molar-refractivity contribution is 0.211. The van der Waals surface area contributed by atoms with Gasteiger partial charge in [0.1, 0.15) is 14.2 Å². The lowest BCUT2D eigenvalue weighted by atomic mass is 10.1. The Labute approximate surface area is 102 Å². The Morgan fingerprint density at radius 1 is 1.18 bits per heavy atom. The van der Waals surface area contributed by atoms with E-state index in [1.165, 1.54) is 12.7 Å². The summed E-state index contributed by atoms with van der Waals surface area (Å²) < 4.78 is 0. The largest absolute Gasteiger partial charge is 0.399 e. The minimum atomic E-state index is 0.647. The highest BCUT2D eigenvalue weighted by molar-refractivity contribution is 5.95. The minimum absolute atomic E-state index is 0.647. The van der Waals surface area contributed by atoms with Crippen LogP contribution < -0.4 is 0 Å². The van der Waals surface area contributed by atoms with Gasteiger partial charge in [-0.25, -0.2) is 0 Å². The molecule has 0 bridgehead atoms. The molecule has 1 rings (SSSR count). The molecule has 0 atom stereocenters. The van der Waals surface area contributed by atoms with Crippen molar-refractivity contribution >= 4 is 11.9 Å². The fourth-order valence-corrected chi connectivity index (χ4v) is 1.46. The van der Waals surface area contributed by atoms with E-state index in [4.69, 9.17) is 4.84 Å². The molecule has 0 fully saturated rings. The summed E-state index contributed by atoms with van der Waals surface area (Å²) in [6.07, 6.45) is 4.13. The summed E-state index contributed by atoms with van der Waals surface area (Å²) in [7, 11) is 3.07. The molecular weight excluding hydrogens is 216 g/mol. The summed E-state index contributed by atoms with van der Waals surface area (Å²) >= 11 is 0. The first-order valence-corrected chi connectivity index (χ1v) is 5.54. The van der Waals surface area contributed by atoms with Gasteiger partial charge in [-0.05, 0) is 18.4 Å². The van der Waals surface area contributed by atoms with Gasteiger partial charge in [-0.15, -0.1) is 0 Å². The number of rotatable bonds is 7. The van der Waals surface area contributed by atoms with E-state index in [0.717, 1.165) is 18.6 Å². The summed E-state index contributed by atoms with van der Waals surface area (Å²) in [6.45, 7) is 0. The average Bonchev–Trinajstić information content (AvgIpc) is 2.37. The number of hydrogen-bond donors (Lipinski definition) is 0. The third-order valence-corrected chi connectivity index (χ3v) is 2.27. The van der Waals surface area contributed by atoms with Crippen LogP contribution >= 0.6 is 0 Å². The van der Waals surface area contributed by atoms with E-state index in [9.17, 15) is 0 Å². The smallest absolute Gasteiger partial charge is 0.106 e. The fraction of sp³-hybridized carbons (Fsp3) is 0.385. The quantitative estimate of drug-likeness (QED) is 0.537. The zero-order valence-corrected chi connectivity index (χ0v) is 10.3. The van der Waals surface area contributed by atoms with Crippen molar-refractivity contribution in [2.75, 3.05) is 14.2 Å². The Bertz CT molecular complexity index is 361. The lowest BCUT2D eigenvalue weighted by Crippen LogP contribution is -2.02. The van der Waals surface area contributed by atoms with Crippen molar-refractivity contribution in [3.63, 3.8) is 0 Å². The molecule has 4 nitrogen and oxygen atoms in total. The molecular formula is C13H18N2O2. The first-order valence-electron chi connectivity index (χ1n) is 5.54. The number of nitrogens with zero attached hydrogens (tertiary/aromatic N) is 2. The SMILES string of the molecule is CON=CCC(CCc1ccccc1)=NOC. The Balaban J connectivity index is 2.45. The van der Waals surface area contributed by atoms with E-state index in [-0.39, 0.29) is 0 Å². The minimum Gasteiger partial charge on any atom is -0.399 e. The Morgan fingerprint density at radius 2 is 1.94 bits per heavy atom. The zero-order chi connectivity index (χ0) is 12.3. The van der Waals surface area contributed by atoms with Gasteiger partial charge < -0.3 is 9.68 Å². The van der Waals surface area contributed by atoms with Gasteiger partial charge in [0.15, 0.2) is 0 Å². The summed E-state index contributed by atoms with van der Waals surface area (Å²) in [6, 6.07) is 10.3. The molecule has 0 saturated carbocycles. The maximum Gasteiger partial charge on any atom is 0.106 e. The number of oxime groups is 2. The van der Waals surface area contributed by atoms with Crippen LogP contribution in [0.5, 0.6) is 0 Å². The van der Waals surface area contributed by atoms with Gasteiger partial charge in [-0.3, -0.25) is 0 Å². The average molecular weight is 234 g/mol. The highest BCUT2D eigenvalue weighted by Crippen LogP contribution is 2.05. The molecule has 4 heteroatoms. The molecule has 0 N–H and O–H groups in total. The van der Waals surface area contributed by atoms with Crippen LogP contribution in [-0.2, 0) is 16.1 Å². The van der Waals surface area contributed by atoms with Crippen LogP contribution in [0.25, 0.3) is 0 Å². The van der Waals surface area contributed by atoms with Crippen molar-refractivity contribution in [1.29, 1.82) is 0 Å². The molecule has 1 aromatic carbocycles. The highest BCUT2D eigenvalue weighted by Gasteiger charge is 2.00. The van der Waals surface area contributed by atoms with Gasteiger partial charge in [0.2, 0.25) is 0 Å². The van der Waals surface area contributed by atoms with E-state index in [1.807, 2.05) is 18.2 Å². The molecule has 0 radical (unpaired) electrons. The molecule has 0 saturated heterocycles. The normalized spacial score (nSPS) is 11.8. The van der Waals surface area contributed by atoms with Gasteiger partial charge in [0.25, 0.3) is 0 Å². The molecule has 17 heavy (non-hydrogen) atoms. The molecule has 0 spiro atoms. The second-order valence-electron chi connectivity index (χ2n) is 3.50. The summed E-state index contributed by atoms with van der Waals surface area (Å²) in [4.78, 5) is 9.42. The second-order valence-corrected chi connectivity index (χ2v) is 3.50. The van der Waals surface area contributed by atoms with Crippen molar-refractivity contribution < 1.29 is 9.68 Å². The predicted octanol–water partition coefficient (Wildman–Crippen LogP) is 2.64. The monoisotopic (exact) mass is 234 g/mol. The first kappa shape index (κ1) is 13.2. The van der Waals surface area contributed by atoms with Gasteiger partial charge in [-0.1, -0.05) is 40.6 Å². The standard InChI is InChI=1S/C13H18N2O2/c1-16-14-11-10-13(15-17-2)9-8-12-6-4-3-5-7-12/h3-7,11H,8-10H2,1-2H3. The molecule has 0 unspecified atom stereocenters. The molecule has 0 amide bonds. The molecule has 1 aromatic rings. The Morgan fingerprint density at radius 3 is 2.59 bits per heavy atom. The zero-order valence-electron chi connectivity index (χ0n) is 10.3. The topological polar surface area (TPSA) is 43.2 Å². The molecule has 0 aliphatic carbocycles. The van der Waals surface area contributed by atoms with Crippen LogP contribution in [0.1, 0.15) is 18.4 Å². The molecule has 0 aliphatic heterocycles. The van der Waals surface area contributed by atoms with Gasteiger partial charge in [-0.2, -0.15) is 0 Å². The third-order valence-electron chi connectivity index (χ3n) is 2.27. The van der Waals surface area contributed by atoms with Crippen molar-refractivity contribution in [1.82, 2.24) is 0 Å². The van der Waals surface area contributed by atoms with E-state index in [1.54, 1.807) is 13.3 Å². The van der Waals surface area contributed by atoms with E-state index >= 15 is 0 Å². The number of hydrogen-bond acceptors (Lipinski definition) is 4. The Hall–Kier alpha value is -1.84. The van der Waals surface area contributed by atoms with Crippen molar-refractivity contribution in [3.05, 3.63) is 35.9 Å². The van der Waals surface area contributed by atoms with Crippen LogP contribution in [0.3, 0.4) is 0 Å². The van der Waals surface area contributed by atoms with E-state index in [2.05, 4.69) is 27.3 Å². The number of aryl methyl sites for hydroxylation is 1. The summed E-state index contributed by atoms with van der Waals surface area (Å²) in [5.74, 6) is 0. The molecule has 92 valence electrons. The number of benzene rings is 1.